The van der Waals surface area contributed by atoms with Crippen LogP contribution in [0.15, 0.2) is 24.3 Å². The van der Waals surface area contributed by atoms with Crippen LogP contribution in [-0.2, 0) is 11.3 Å². The van der Waals surface area contributed by atoms with E-state index in [9.17, 15) is 5.11 Å². The number of aliphatic hydroxyl groups excluding tert-OH is 1. The number of nitrogen functional groups attached to an aromatic ring is 1. The minimum absolute atomic E-state index is 0.117. The lowest BCUT2D eigenvalue weighted by molar-refractivity contribution is -0.0312. The molecule has 1 aliphatic rings. The highest BCUT2D eigenvalue weighted by molar-refractivity contribution is 5.39. The van der Waals surface area contributed by atoms with E-state index in [4.69, 9.17) is 10.5 Å². The van der Waals surface area contributed by atoms with Crippen LogP contribution >= 0.6 is 0 Å². The van der Waals surface area contributed by atoms with Gasteiger partial charge >= 0.3 is 0 Å². The lowest BCUT2D eigenvalue weighted by atomic mass is 10.1. The number of nitrogens with two attached hydrogens (primary N) is 1. The van der Waals surface area contributed by atoms with E-state index in [1.807, 2.05) is 24.3 Å². The normalized spacial score (nSPS) is 22.2. The van der Waals surface area contributed by atoms with Gasteiger partial charge in [-0.3, -0.25) is 4.90 Å². The highest BCUT2D eigenvalue weighted by atomic mass is 16.5. The highest BCUT2D eigenvalue weighted by Gasteiger charge is 2.21. The van der Waals surface area contributed by atoms with Crippen molar-refractivity contribution < 1.29 is 9.84 Å². The summed E-state index contributed by atoms with van der Waals surface area (Å²) in [5, 5.41) is 9.24. The van der Waals surface area contributed by atoms with Crippen LogP contribution in [0, 0.1) is 0 Å². The quantitative estimate of drug-likeness (QED) is 0.730. The third kappa shape index (κ3) is 2.72. The Morgan fingerprint density at radius 3 is 2.81 bits per heavy atom. The van der Waals surface area contributed by atoms with Gasteiger partial charge in [-0.05, 0) is 17.7 Å². The molecule has 1 aliphatic heterocycles. The van der Waals surface area contributed by atoms with Crippen molar-refractivity contribution in [1.82, 2.24) is 4.90 Å². The zero-order valence-electron chi connectivity index (χ0n) is 9.30. The van der Waals surface area contributed by atoms with Gasteiger partial charge in [0, 0.05) is 18.8 Å². The molecule has 88 valence electrons. The molecular weight excluding hydrogens is 204 g/mol. The Labute approximate surface area is 95.6 Å². The Kier molecular flexibility index (Phi) is 3.77. The van der Waals surface area contributed by atoms with E-state index in [0.29, 0.717) is 6.61 Å². The smallest absolute Gasteiger partial charge is 0.0644 e. The molecule has 1 unspecified atom stereocenters. The van der Waals surface area contributed by atoms with Gasteiger partial charge in [-0.25, -0.2) is 0 Å². The summed E-state index contributed by atoms with van der Waals surface area (Å²) in [7, 11) is 0. The molecule has 1 fully saturated rings. The van der Waals surface area contributed by atoms with Gasteiger partial charge in [0.2, 0.25) is 0 Å². The van der Waals surface area contributed by atoms with E-state index in [0.717, 1.165) is 25.4 Å². The van der Waals surface area contributed by atoms with Crippen molar-refractivity contribution in [3.8, 4) is 0 Å². The molecule has 0 bridgehead atoms. The maximum atomic E-state index is 9.24. The van der Waals surface area contributed by atoms with Crippen molar-refractivity contribution in [2.24, 2.45) is 0 Å². The molecule has 4 nitrogen and oxygen atoms in total. The summed E-state index contributed by atoms with van der Waals surface area (Å²) < 4.78 is 5.34. The number of hydrogen-bond acceptors (Lipinski definition) is 4. The average molecular weight is 222 g/mol. The molecular formula is C12H18N2O2. The largest absolute Gasteiger partial charge is 0.399 e. The topological polar surface area (TPSA) is 58.7 Å². The van der Waals surface area contributed by atoms with Gasteiger partial charge in [-0.2, -0.15) is 0 Å². The predicted molar refractivity (Wildman–Crippen MR) is 63.0 cm³/mol. The van der Waals surface area contributed by atoms with Crippen molar-refractivity contribution in [2.45, 2.75) is 12.6 Å². The maximum Gasteiger partial charge on any atom is 0.0644 e. The molecule has 0 saturated carbocycles. The van der Waals surface area contributed by atoms with E-state index >= 15 is 0 Å². The monoisotopic (exact) mass is 222 g/mol. The van der Waals surface area contributed by atoms with Crippen molar-refractivity contribution in [2.75, 3.05) is 32.1 Å². The minimum Gasteiger partial charge on any atom is -0.399 e. The Balaban J connectivity index is 1.99. The van der Waals surface area contributed by atoms with Crippen LogP contribution < -0.4 is 5.73 Å². The van der Waals surface area contributed by atoms with Gasteiger partial charge in [0.25, 0.3) is 0 Å². The van der Waals surface area contributed by atoms with E-state index in [-0.39, 0.29) is 12.6 Å². The molecule has 2 rings (SSSR count). The zero-order valence-corrected chi connectivity index (χ0v) is 9.30. The van der Waals surface area contributed by atoms with E-state index in [1.165, 1.54) is 5.56 Å². The van der Waals surface area contributed by atoms with E-state index in [2.05, 4.69) is 4.90 Å². The number of rotatable bonds is 3. The SMILES string of the molecule is Nc1ccc(CN2CCOCC2CO)cc1. The number of aliphatic hydroxyl groups is 1. The second-order valence-electron chi connectivity index (χ2n) is 4.12. The number of ether oxygens (including phenoxy) is 1. The van der Waals surface area contributed by atoms with Crippen LogP contribution in [0.5, 0.6) is 0 Å². The summed E-state index contributed by atoms with van der Waals surface area (Å²) in [5.74, 6) is 0. The van der Waals surface area contributed by atoms with Gasteiger partial charge < -0.3 is 15.6 Å². The molecule has 1 aromatic rings. The molecule has 1 atom stereocenters. The summed E-state index contributed by atoms with van der Waals surface area (Å²) in [6, 6.07) is 7.98. The lowest BCUT2D eigenvalue weighted by Crippen LogP contribution is -2.46. The average Bonchev–Trinajstić information content (AvgIpc) is 2.33. The number of hydrogen-bond donors (Lipinski definition) is 2. The van der Waals surface area contributed by atoms with Crippen LogP contribution in [0.1, 0.15) is 5.56 Å². The Morgan fingerprint density at radius 1 is 1.38 bits per heavy atom. The van der Waals surface area contributed by atoms with Crippen LogP contribution in [0.3, 0.4) is 0 Å². The van der Waals surface area contributed by atoms with Gasteiger partial charge in [-0.15, -0.1) is 0 Å². The summed E-state index contributed by atoms with van der Waals surface area (Å²) in [6.07, 6.45) is 0. The van der Waals surface area contributed by atoms with E-state index < -0.39 is 0 Å². The summed E-state index contributed by atoms with van der Waals surface area (Å²) in [6.45, 7) is 3.22. The first-order valence-electron chi connectivity index (χ1n) is 5.56. The Bertz CT molecular complexity index is 326. The predicted octanol–water partition coefficient (Wildman–Crippen LogP) is 0.462. The molecule has 1 saturated heterocycles. The maximum absolute atomic E-state index is 9.24. The van der Waals surface area contributed by atoms with Crippen molar-refractivity contribution in [3.63, 3.8) is 0 Å². The van der Waals surface area contributed by atoms with Crippen molar-refractivity contribution >= 4 is 5.69 Å². The number of morpholine rings is 1. The molecule has 3 N–H and O–H groups in total. The van der Waals surface area contributed by atoms with Crippen LogP contribution in [0.2, 0.25) is 0 Å². The van der Waals surface area contributed by atoms with Crippen molar-refractivity contribution in [1.29, 1.82) is 0 Å². The van der Waals surface area contributed by atoms with Gasteiger partial charge in [0.05, 0.1) is 25.9 Å². The second kappa shape index (κ2) is 5.30. The molecule has 1 heterocycles. The molecule has 4 heteroatoms. The summed E-state index contributed by atoms with van der Waals surface area (Å²) in [4.78, 5) is 2.25. The highest BCUT2D eigenvalue weighted by Crippen LogP contribution is 2.13. The van der Waals surface area contributed by atoms with Gasteiger partial charge in [0.15, 0.2) is 0 Å². The number of anilines is 1. The molecule has 0 amide bonds. The van der Waals surface area contributed by atoms with Gasteiger partial charge in [0.1, 0.15) is 0 Å². The zero-order chi connectivity index (χ0) is 11.4. The molecule has 1 aromatic carbocycles. The lowest BCUT2D eigenvalue weighted by Gasteiger charge is -2.34. The summed E-state index contributed by atoms with van der Waals surface area (Å²) in [5.41, 5.74) is 7.64. The first-order chi connectivity index (χ1) is 7.79. The molecule has 0 spiro atoms. The molecule has 0 aromatic heterocycles. The summed E-state index contributed by atoms with van der Waals surface area (Å²) >= 11 is 0. The fourth-order valence-electron chi connectivity index (χ4n) is 1.92. The number of benzene rings is 1. The minimum atomic E-state index is 0.117. The van der Waals surface area contributed by atoms with Crippen LogP contribution in [0.25, 0.3) is 0 Å². The van der Waals surface area contributed by atoms with Crippen molar-refractivity contribution in [3.05, 3.63) is 29.8 Å². The van der Waals surface area contributed by atoms with E-state index in [1.54, 1.807) is 0 Å². The third-order valence-corrected chi connectivity index (χ3v) is 2.93. The fraction of sp³-hybridized carbons (Fsp3) is 0.500. The standard InChI is InChI=1S/C12H18N2O2/c13-11-3-1-10(2-4-11)7-14-5-6-16-9-12(14)8-15/h1-4,12,15H,5-9,13H2. The molecule has 0 aliphatic carbocycles. The Hall–Kier alpha value is -1.10. The van der Waals surface area contributed by atoms with Crippen LogP contribution in [-0.4, -0.2) is 42.4 Å². The third-order valence-electron chi connectivity index (χ3n) is 2.93. The first-order valence-corrected chi connectivity index (χ1v) is 5.56. The first kappa shape index (κ1) is 11.4. The Morgan fingerprint density at radius 2 is 2.12 bits per heavy atom. The number of nitrogens with zero attached hydrogens (tertiary/aromatic N) is 1. The molecule has 0 radical (unpaired) electrons. The van der Waals surface area contributed by atoms with Crippen LogP contribution in [0.4, 0.5) is 5.69 Å². The fourth-order valence-corrected chi connectivity index (χ4v) is 1.92. The van der Waals surface area contributed by atoms with Gasteiger partial charge in [-0.1, -0.05) is 12.1 Å². The second-order valence-corrected chi connectivity index (χ2v) is 4.12. The molecule has 16 heavy (non-hydrogen) atoms.